The summed E-state index contributed by atoms with van der Waals surface area (Å²) < 4.78 is 0. The standard InChI is InChI=1S/C8H14.Pt/c1-2-8-6-4-3-5-7-8;/h2,8H,1,3-7H2;. The average molecular weight is 305 g/mol. The first-order chi connectivity index (χ1) is 3.93. The van der Waals surface area contributed by atoms with E-state index >= 15 is 0 Å². The van der Waals surface area contributed by atoms with E-state index in [1.165, 1.54) is 32.1 Å². The zero-order valence-corrected chi connectivity index (χ0v) is 7.99. The summed E-state index contributed by atoms with van der Waals surface area (Å²) in [6.07, 6.45) is 9.20. The molecule has 0 atom stereocenters. The predicted molar refractivity (Wildman–Crippen MR) is 36.8 cm³/mol. The van der Waals surface area contributed by atoms with Crippen molar-refractivity contribution in [2.45, 2.75) is 32.1 Å². The van der Waals surface area contributed by atoms with E-state index < -0.39 is 0 Å². The van der Waals surface area contributed by atoms with Crippen molar-refractivity contribution in [2.24, 2.45) is 5.92 Å². The molecule has 0 aromatic rings. The molecule has 0 saturated heterocycles. The first-order valence-electron chi connectivity index (χ1n) is 3.56. The van der Waals surface area contributed by atoms with Crippen LogP contribution in [0.2, 0.25) is 0 Å². The Balaban J connectivity index is 0.000000640. The molecule has 0 bridgehead atoms. The summed E-state index contributed by atoms with van der Waals surface area (Å²) in [7, 11) is 0. The molecule has 9 heavy (non-hydrogen) atoms. The van der Waals surface area contributed by atoms with Gasteiger partial charge in [0.15, 0.2) is 0 Å². The van der Waals surface area contributed by atoms with E-state index in [1.54, 1.807) is 0 Å². The van der Waals surface area contributed by atoms with Crippen LogP contribution in [0.5, 0.6) is 0 Å². The minimum atomic E-state index is 0. The monoisotopic (exact) mass is 305 g/mol. The third-order valence-corrected chi connectivity index (χ3v) is 1.98. The molecular formula is C8H14Pt. The van der Waals surface area contributed by atoms with E-state index in [1.807, 2.05) is 0 Å². The topological polar surface area (TPSA) is 0 Å². The van der Waals surface area contributed by atoms with Crippen LogP contribution in [0.25, 0.3) is 0 Å². The summed E-state index contributed by atoms with van der Waals surface area (Å²) in [5, 5.41) is 0. The Morgan fingerprint density at radius 1 is 1.11 bits per heavy atom. The molecule has 1 aliphatic carbocycles. The van der Waals surface area contributed by atoms with Gasteiger partial charge in [-0.25, -0.2) is 0 Å². The van der Waals surface area contributed by atoms with Crippen LogP contribution in [0.3, 0.4) is 0 Å². The van der Waals surface area contributed by atoms with Crippen molar-refractivity contribution in [3.8, 4) is 0 Å². The molecule has 56 valence electrons. The van der Waals surface area contributed by atoms with Gasteiger partial charge in [0, 0.05) is 21.1 Å². The molecule has 0 aromatic heterocycles. The summed E-state index contributed by atoms with van der Waals surface area (Å²) in [5.74, 6) is 0.851. The average Bonchev–Trinajstić information content (AvgIpc) is 1.90. The number of allylic oxidation sites excluding steroid dienone is 1. The Labute approximate surface area is 72.0 Å². The van der Waals surface area contributed by atoms with Gasteiger partial charge in [0.1, 0.15) is 0 Å². The second-order valence-electron chi connectivity index (χ2n) is 2.63. The summed E-state index contributed by atoms with van der Waals surface area (Å²) in [6, 6.07) is 0. The van der Waals surface area contributed by atoms with E-state index in [9.17, 15) is 0 Å². The molecule has 0 radical (unpaired) electrons. The van der Waals surface area contributed by atoms with Gasteiger partial charge in [0.05, 0.1) is 0 Å². The van der Waals surface area contributed by atoms with Crippen LogP contribution >= 0.6 is 0 Å². The van der Waals surface area contributed by atoms with Crippen molar-refractivity contribution in [1.82, 2.24) is 0 Å². The minimum absolute atomic E-state index is 0. The molecule has 1 heteroatoms. The van der Waals surface area contributed by atoms with Crippen molar-refractivity contribution < 1.29 is 21.1 Å². The van der Waals surface area contributed by atoms with Crippen LogP contribution in [0, 0.1) is 5.92 Å². The third-order valence-electron chi connectivity index (χ3n) is 1.98. The molecule has 1 aliphatic rings. The van der Waals surface area contributed by atoms with Gasteiger partial charge < -0.3 is 0 Å². The molecule has 0 aliphatic heterocycles. The fraction of sp³-hybridized carbons (Fsp3) is 0.750. The molecule has 0 unspecified atom stereocenters. The van der Waals surface area contributed by atoms with Gasteiger partial charge in [0.2, 0.25) is 0 Å². The maximum atomic E-state index is 3.78. The molecule has 1 rings (SSSR count). The van der Waals surface area contributed by atoms with Gasteiger partial charge in [-0.1, -0.05) is 25.3 Å². The zero-order valence-electron chi connectivity index (χ0n) is 5.71. The van der Waals surface area contributed by atoms with Gasteiger partial charge in [-0.15, -0.1) is 6.58 Å². The predicted octanol–water partition coefficient (Wildman–Crippen LogP) is 2.75. The van der Waals surface area contributed by atoms with Crippen molar-refractivity contribution in [3.63, 3.8) is 0 Å². The normalized spacial score (nSPS) is 20.4. The molecule has 0 aromatic carbocycles. The molecule has 1 fully saturated rings. The van der Waals surface area contributed by atoms with Gasteiger partial charge in [0.25, 0.3) is 0 Å². The van der Waals surface area contributed by atoms with Crippen LogP contribution in [-0.2, 0) is 21.1 Å². The molecular weight excluding hydrogens is 291 g/mol. The maximum Gasteiger partial charge on any atom is 0 e. The minimum Gasteiger partial charge on any atom is -0.103 e. The van der Waals surface area contributed by atoms with Crippen LogP contribution in [0.15, 0.2) is 12.7 Å². The first kappa shape index (κ1) is 9.43. The van der Waals surface area contributed by atoms with Gasteiger partial charge in [-0.05, 0) is 18.8 Å². The second-order valence-corrected chi connectivity index (χ2v) is 2.63. The molecule has 0 spiro atoms. The fourth-order valence-corrected chi connectivity index (χ4v) is 1.37. The number of hydrogen-bond donors (Lipinski definition) is 0. The summed E-state index contributed by atoms with van der Waals surface area (Å²) in [6.45, 7) is 3.78. The zero-order chi connectivity index (χ0) is 5.82. The summed E-state index contributed by atoms with van der Waals surface area (Å²) >= 11 is 0. The second kappa shape index (κ2) is 5.23. The van der Waals surface area contributed by atoms with E-state index in [-0.39, 0.29) is 21.1 Å². The van der Waals surface area contributed by atoms with E-state index in [0.717, 1.165) is 5.92 Å². The Bertz CT molecular complexity index is 72.6. The Morgan fingerprint density at radius 3 is 2.00 bits per heavy atom. The smallest absolute Gasteiger partial charge is 0 e. The number of rotatable bonds is 1. The molecule has 1 saturated carbocycles. The Kier molecular flexibility index (Phi) is 5.48. The first-order valence-corrected chi connectivity index (χ1v) is 3.56. The van der Waals surface area contributed by atoms with E-state index in [2.05, 4.69) is 12.7 Å². The van der Waals surface area contributed by atoms with Crippen molar-refractivity contribution in [1.29, 1.82) is 0 Å². The number of hydrogen-bond acceptors (Lipinski definition) is 0. The van der Waals surface area contributed by atoms with Crippen molar-refractivity contribution >= 4 is 0 Å². The molecule has 0 amide bonds. The van der Waals surface area contributed by atoms with Crippen LogP contribution < -0.4 is 0 Å². The van der Waals surface area contributed by atoms with E-state index in [4.69, 9.17) is 0 Å². The van der Waals surface area contributed by atoms with Gasteiger partial charge in [-0.3, -0.25) is 0 Å². The maximum absolute atomic E-state index is 3.78. The summed E-state index contributed by atoms with van der Waals surface area (Å²) in [5.41, 5.74) is 0. The van der Waals surface area contributed by atoms with Crippen LogP contribution in [0.4, 0.5) is 0 Å². The van der Waals surface area contributed by atoms with Gasteiger partial charge >= 0.3 is 0 Å². The van der Waals surface area contributed by atoms with Crippen molar-refractivity contribution in [2.75, 3.05) is 0 Å². The SMILES string of the molecule is C=CC1CCCCC1.[Pt]. The molecule has 0 nitrogen and oxygen atoms in total. The van der Waals surface area contributed by atoms with Crippen LogP contribution in [0.1, 0.15) is 32.1 Å². The Hall–Kier alpha value is 0.428. The summed E-state index contributed by atoms with van der Waals surface area (Å²) in [4.78, 5) is 0. The van der Waals surface area contributed by atoms with Gasteiger partial charge in [-0.2, -0.15) is 0 Å². The Morgan fingerprint density at radius 2 is 1.67 bits per heavy atom. The third kappa shape index (κ3) is 3.20. The van der Waals surface area contributed by atoms with Crippen molar-refractivity contribution in [3.05, 3.63) is 12.7 Å². The van der Waals surface area contributed by atoms with Crippen LogP contribution in [-0.4, -0.2) is 0 Å². The van der Waals surface area contributed by atoms with E-state index in [0.29, 0.717) is 0 Å². The quantitative estimate of drug-likeness (QED) is 0.654. The molecule has 0 heterocycles. The largest absolute Gasteiger partial charge is 0.103 e. The fourth-order valence-electron chi connectivity index (χ4n) is 1.37. The molecule has 0 N–H and O–H groups in total.